The second-order valence-corrected chi connectivity index (χ2v) is 5.23. The first-order valence-corrected chi connectivity index (χ1v) is 6.85. The number of halogens is 1. The number of fused-ring (bicyclic) bond motifs is 2. The van der Waals surface area contributed by atoms with Crippen molar-refractivity contribution in [2.75, 3.05) is 6.61 Å². The van der Waals surface area contributed by atoms with Crippen molar-refractivity contribution >= 4 is 22.6 Å². The molecule has 2 aromatic carbocycles. The van der Waals surface area contributed by atoms with E-state index in [9.17, 15) is 0 Å². The molecule has 0 unspecified atom stereocenters. The SMILES string of the molecule is Clc1cc(-c2ccc3c(c2)CCO3)c2nccnc2c1. The van der Waals surface area contributed by atoms with Gasteiger partial charge in [0.25, 0.3) is 0 Å². The van der Waals surface area contributed by atoms with Crippen LogP contribution in [0, 0.1) is 0 Å². The Labute approximate surface area is 121 Å². The Morgan fingerprint density at radius 2 is 1.95 bits per heavy atom. The van der Waals surface area contributed by atoms with Gasteiger partial charge in [0.05, 0.1) is 17.6 Å². The van der Waals surface area contributed by atoms with Gasteiger partial charge in [-0.25, -0.2) is 0 Å². The fraction of sp³-hybridized carbons (Fsp3) is 0.125. The van der Waals surface area contributed by atoms with Gasteiger partial charge in [0, 0.05) is 29.4 Å². The van der Waals surface area contributed by atoms with Gasteiger partial charge in [-0.15, -0.1) is 0 Å². The number of rotatable bonds is 1. The lowest BCUT2D eigenvalue weighted by molar-refractivity contribution is 0.357. The fourth-order valence-corrected chi connectivity index (χ4v) is 2.83. The summed E-state index contributed by atoms with van der Waals surface area (Å²) >= 11 is 6.20. The molecule has 3 nitrogen and oxygen atoms in total. The van der Waals surface area contributed by atoms with Gasteiger partial charge < -0.3 is 4.74 Å². The highest BCUT2D eigenvalue weighted by Gasteiger charge is 2.14. The molecule has 1 aliphatic heterocycles. The third kappa shape index (κ3) is 1.82. The highest BCUT2D eigenvalue weighted by atomic mass is 35.5. The summed E-state index contributed by atoms with van der Waals surface area (Å²) in [6.07, 6.45) is 4.34. The van der Waals surface area contributed by atoms with E-state index in [2.05, 4.69) is 16.0 Å². The van der Waals surface area contributed by atoms with Crippen molar-refractivity contribution in [1.29, 1.82) is 0 Å². The van der Waals surface area contributed by atoms with E-state index in [4.69, 9.17) is 16.3 Å². The summed E-state index contributed by atoms with van der Waals surface area (Å²) in [5.74, 6) is 0.978. The molecule has 0 fully saturated rings. The molecule has 98 valence electrons. The maximum atomic E-state index is 6.20. The molecule has 0 N–H and O–H groups in total. The molecule has 1 aromatic heterocycles. The van der Waals surface area contributed by atoms with Crippen molar-refractivity contribution < 1.29 is 4.74 Å². The van der Waals surface area contributed by atoms with Crippen LogP contribution < -0.4 is 4.74 Å². The van der Waals surface area contributed by atoms with Crippen molar-refractivity contribution in [2.24, 2.45) is 0 Å². The zero-order valence-electron chi connectivity index (χ0n) is 10.6. The molecule has 20 heavy (non-hydrogen) atoms. The Kier molecular flexibility index (Phi) is 2.60. The predicted octanol–water partition coefficient (Wildman–Crippen LogP) is 3.89. The molecule has 0 bridgehead atoms. The van der Waals surface area contributed by atoms with E-state index in [1.807, 2.05) is 24.3 Å². The van der Waals surface area contributed by atoms with Crippen LogP contribution in [-0.2, 0) is 6.42 Å². The van der Waals surface area contributed by atoms with E-state index in [1.165, 1.54) is 5.56 Å². The molecule has 0 atom stereocenters. The molecule has 0 saturated heterocycles. The number of ether oxygens (including phenoxy) is 1. The first-order valence-electron chi connectivity index (χ1n) is 6.48. The van der Waals surface area contributed by atoms with Crippen LogP contribution in [0.15, 0.2) is 42.7 Å². The maximum Gasteiger partial charge on any atom is 0.122 e. The largest absolute Gasteiger partial charge is 0.493 e. The van der Waals surface area contributed by atoms with Crippen LogP contribution in [0.3, 0.4) is 0 Å². The van der Waals surface area contributed by atoms with Crippen molar-refractivity contribution in [3.8, 4) is 16.9 Å². The van der Waals surface area contributed by atoms with E-state index in [-0.39, 0.29) is 0 Å². The first kappa shape index (κ1) is 11.7. The molecule has 0 aliphatic carbocycles. The fourth-order valence-electron chi connectivity index (χ4n) is 2.61. The zero-order chi connectivity index (χ0) is 13.5. The van der Waals surface area contributed by atoms with E-state index < -0.39 is 0 Å². The number of aromatic nitrogens is 2. The molecule has 1 aliphatic rings. The summed E-state index contributed by atoms with van der Waals surface area (Å²) in [6.45, 7) is 0.759. The summed E-state index contributed by atoms with van der Waals surface area (Å²) in [6, 6.07) is 9.99. The minimum Gasteiger partial charge on any atom is -0.493 e. The average molecular weight is 283 g/mol. The van der Waals surface area contributed by atoms with E-state index in [0.29, 0.717) is 5.02 Å². The van der Waals surface area contributed by atoms with Crippen LogP contribution in [0.4, 0.5) is 0 Å². The van der Waals surface area contributed by atoms with Gasteiger partial charge in [-0.1, -0.05) is 17.7 Å². The second-order valence-electron chi connectivity index (χ2n) is 4.80. The van der Waals surface area contributed by atoms with Gasteiger partial charge in [0.2, 0.25) is 0 Å². The Morgan fingerprint density at radius 3 is 2.90 bits per heavy atom. The molecule has 0 spiro atoms. The van der Waals surface area contributed by atoms with Crippen LogP contribution in [0.1, 0.15) is 5.56 Å². The van der Waals surface area contributed by atoms with Gasteiger partial charge >= 0.3 is 0 Å². The number of hydrogen-bond acceptors (Lipinski definition) is 3. The van der Waals surface area contributed by atoms with Crippen molar-refractivity contribution in [3.05, 3.63) is 53.3 Å². The van der Waals surface area contributed by atoms with Gasteiger partial charge in [-0.2, -0.15) is 0 Å². The van der Waals surface area contributed by atoms with Crippen LogP contribution in [0.25, 0.3) is 22.2 Å². The standard InChI is InChI=1S/C16H11ClN2O/c17-12-8-13(16-14(9-12)18-4-5-19-16)10-1-2-15-11(7-10)3-6-20-15/h1-2,4-5,7-9H,3,6H2. The lowest BCUT2D eigenvalue weighted by Gasteiger charge is -2.08. The third-order valence-electron chi connectivity index (χ3n) is 3.54. The van der Waals surface area contributed by atoms with Crippen molar-refractivity contribution in [1.82, 2.24) is 9.97 Å². The van der Waals surface area contributed by atoms with E-state index in [1.54, 1.807) is 12.4 Å². The summed E-state index contributed by atoms with van der Waals surface area (Å²) < 4.78 is 5.55. The van der Waals surface area contributed by atoms with Crippen molar-refractivity contribution in [3.63, 3.8) is 0 Å². The second kappa shape index (κ2) is 4.46. The van der Waals surface area contributed by atoms with Crippen LogP contribution in [-0.4, -0.2) is 16.6 Å². The van der Waals surface area contributed by atoms with Crippen LogP contribution in [0.5, 0.6) is 5.75 Å². The lowest BCUT2D eigenvalue weighted by Crippen LogP contribution is -1.88. The quantitative estimate of drug-likeness (QED) is 0.679. The molecule has 0 amide bonds. The Hall–Kier alpha value is -2.13. The maximum absolute atomic E-state index is 6.20. The molecular weight excluding hydrogens is 272 g/mol. The van der Waals surface area contributed by atoms with Crippen molar-refractivity contribution in [2.45, 2.75) is 6.42 Å². The van der Waals surface area contributed by atoms with Gasteiger partial charge in [0.1, 0.15) is 5.75 Å². The van der Waals surface area contributed by atoms with Crippen LogP contribution in [0.2, 0.25) is 5.02 Å². The molecular formula is C16H11ClN2O. The lowest BCUT2D eigenvalue weighted by atomic mass is 10.0. The van der Waals surface area contributed by atoms with Crippen LogP contribution >= 0.6 is 11.6 Å². The van der Waals surface area contributed by atoms with Gasteiger partial charge in [-0.3, -0.25) is 9.97 Å². The Morgan fingerprint density at radius 1 is 1.05 bits per heavy atom. The molecule has 3 aromatic rings. The molecule has 0 radical (unpaired) electrons. The summed E-state index contributed by atoms with van der Waals surface area (Å²) in [4.78, 5) is 8.77. The van der Waals surface area contributed by atoms with E-state index >= 15 is 0 Å². The average Bonchev–Trinajstić information content (AvgIpc) is 2.93. The zero-order valence-corrected chi connectivity index (χ0v) is 11.4. The normalized spacial score (nSPS) is 13.2. The number of hydrogen-bond donors (Lipinski definition) is 0. The molecule has 2 heterocycles. The minimum absolute atomic E-state index is 0.671. The molecule has 4 heteroatoms. The summed E-state index contributed by atoms with van der Waals surface area (Å²) in [7, 11) is 0. The highest BCUT2D eigenvalue weighted by Crippen LogP contribution is 2.34. The summed E-state index contributed by atoms with van der Waals surface area (Å²) in [5, 5.41) is 0.671. The Balaban J connectivity index is 1.98. The van der Waals surface area contributed by atoms with E-state index in [0.717, 1.165) is 40.9 Å². The Bertz CT molecular complexity index is 817. The molecule has 4 rings (SSSR count). The molecule has 0 saturated carbocycles. The number of benzene rings is 2. The van der Waals surface area contributed by atoms with Gasteiger partial charge in [-0.05, 0) is 35.4 Å². The minimum atomic E-state index is 0.671. The topological polar surface area (TPSA) is 35.0 Å². The first-order chi connectivity index (χ1) is 9.81. The highest BCUT2D eigenvalue weighted by molar-refractivity contribution is 6.31. The number of nitrogens with zero attached hydrogens (tertiary/aromatic N) is 2. The monoisotopic (exact) mass is 282 g/mol. The summed E-state index contributed by atoms with van der Waals surface area (Å²) in [5.41, 5.74) is 5.03. The van der Waals surface area contributed by atoms with Gasteiger partial charge in [0.15, 0.2) is 0 Å². The third-order valence-corrected chi connectivity index (χ3v) is 3.76. The smallest absolute Gasteiger partial charge is 0.122 e. The predicted molar refractivity (Wildman–Crippen MR) is 79.2 cm³/mol.